The van der Waals surface area contributed by atoms with Gasteiger partial charge in [-0.2, -0.15) is 8.42 Å². The monoisotopic (exact) mass is 810 g/mol. The summed E-state index contributed by atoms with van der Waals surface area (Å²) in [7, 11) is -4.42. The van der Waals surface area contributed by atoms with E-state index in [9.17, 15) is 8.42 Å². The standard InChI is InChI=1S/C50H67O5PS/c1-45(2,3)33-23-31-25-41(49(13,14)15)43(29-37(31)39(27-33)47(7,8)9)54-56(53-35-19-21-36(22-20-35)57(51)52)55-44-30-38-32(26-42(44)50(16,17)18)24-34(46(4,5)6)28-40(38)48(10,11)12/h19-21,23-30H,22H2,1-18H3. The summed E-state index contributed by atoms with van der Waals surface area (Å²) in [5.74, 6) is 1.90. The third-order valence-corrected chi connectivity index (χ3v) is 12.5. The zero-order chi connectivity index (χ0) is 42.8. The summed E-state index contributed by atoms with van der Waals surface area (Å²) >= 11 is 0. The molecule has 308 valence electrons. The van der Waals surface area contributed by atoms with Crippen molar-refractivity contribution in [1.29, 1.82) is 0 Å². The van der Waals surface area contributed by atoms with Crippen LogP contribution in [-0.2, 0) is 47.3 Å². The first-order chi connectivity index (χ1) is 25.8. The Morgan fingerprint density at radius 2 is 0.842 bits per heavy atom. The molecule has 0 fully saturated rings. The van der Waals surface area contributed by atoms with Gasteiger partial charge in [0.25, 0.3) is 0 Å². The van der Waals surface area contributed by atoms with Gasteiger partial charge in [-0.15, -0.1) is 0 Å². The third-order valence-electron chi connectivity index (χ3n) is 10.7. The number of benzene rings is 4. The fourth-order valence-corrected chi connectivity index (χ4v) is 8.66. The highest BCUT2D eigenvalue weighted by Gasteiger charge is 2.32. The summed E-state index contributed by atoms with van der Waals surface area (Å²) in [5, 5.41) is 4.62. The van der Waals surface area contributed by atoms with E-state index in [1.807, 2.05) is 0 Å². The van der Waals surface area contributed by atoms with Crippen molar-refractivity contribution >= 4 is 45.3 Å². The van der Waals surface area contributed by atoms with Crippen LogP contribution in [0.1, 0.15) is 164 Å². The van der Waals surface area contributed by atoms with Crippen molar-refractivity contribution < 1.29 is 22.0 Å². The van der Waals surface area contributed by atoms with Crippen molar-refractivity contribution in [1.82, 2.24) is 0 Å². The summed E-state index contributed by atoms with van der Waals surface area (Å²) in [5.41, 5.74) is 6.33. The maximum atomic E-state index is 11.8. The SMILES string of the molecule is CC(C)(C)c1cc(C(C)(C)C)c2cc(OP(OC3=CCC(=S(=O)=O)C=C3)Oc3cc4c(C(C)(C)C)cc(C(C)(C)C)cc4cc3C(C)(C)C)c(C(C)(C)C)cc2c1. The summed E-state index contributed by atoms with van der Waals surface area (Å²) in [6, 6.07) is 18.3. The fourth-order valence-electron chi connectivity index (χ4n) is 7.22. The molecule has 0 unspecified atom stereocenters. The normalized spacial score (nSPS) is 14.7. The van der Waals surface area contributed by atoms with E-state index in [0.717, 1.165) is 21.9 Å². The Hall–Kier alpha value is -3.60. The minimum atomic E-state index is -2.31. The number of fused-ring (bicyclic) bond motifs is 2. The predicted molar refractivity (Wildman–Crippen MR) is 245 cm³/mol. The molecule has 7 heteroatoms. The van der Waals surface area contributed by atoms with Crippen LogP contribution in [0.5, 0.6) is 11.5 Å². The van der Waals surface area contributed by atoms with Gasteiger partial charge in [0, 0.05) is 17.5 Å². The lowest BCUT2D eigenvalue weighted by molar-refractivity contribution is 0.333. The molecule has 0 saturated heterocycles. The van der Waals surface area contributed by atoms with Gasteiger partial charge in [0.05, 0.1) is 4.86 Å². The summed E-state index contributed by atoms with van der Waals surface area (Å²) in [6.07, 6.45) is 5.28. The second kappa shape index (κ2) is 15.2. The third kappa shape index (κ3) is 10.2. The molecule has 0 heterocycles. The maximum absolute atomic E-state index is 11.8. The highest BCUT2D eigenvalue weighted by atomic mass is 32.2. The van der Waals surface area contributed by atoms with Crippen molar-refractivity contribution in [2.75, 3.05) is 0 Å². The average Bonchev–Trinajstić information content (AvgIpc) is 3.04. The van der Waals surface area contributed by atoms with Gasteiger partial charge in [-0.3, -0.25) is 0 Å². The molecule has 0 bridgehead atoms. The molecule has 5 nitrogen and oxygen atoms in total. The van der Waals surface area contributed by atoms with E-state index in [1.165, 1.54) is 33.0 Å². The molecule has 4 aromatic carbocycles. The maximum Gasteiger partial charge on any atom is 0.530 e. The minimum absolute atomic E-state index is 0.0235. The molecule has 5 rings (SSSR count). The van der Waals surface area contributed by atoms with Crippen LogP contribution in [-0.4, -0.2) is 13.3 Å². The van der Waals surface area contributed by atoms with Crippen LogP contribution in [0, 0.1) is 0 Å². The predicted octanol–water partition coefficient (Wildman–Crippen LogP) is 14.4. The number of rotatable bonds is 6. The van der Waals surface area contributed by atoms with E-state index in [1.54, 1.807) is 18.2 Å². The molecule has 1 aliphatic rings. The molecule has 0 amide bonds. The average molecular weight is 811 g/mol. The van der Waals surface area contributed by atoms with Crippen molar-refractivity contribution in [3.63, 3.8) is 0 Å². The highest BCUT2D eigenvalue weighted by molar-refractivity contribution is 7.73. The van der Waals surface area contributed by atoms with E-state index in [-0.39, 0.29) is 38.9 Å². The van der Waals surface area contributed by atoms with Crippen LogP contribution in [0.3, 0.4) is 0 Å². The number of allylic oxidation sites excluding steroid dienone is 3. The number of hydrogen-bond acceptors (Lipinski definition) is 5. The Bertz CT molecular complexity index is 2260. The van der Waals surface area contributed by atoms with Gasteiger partial charge >= 0.3 is 8.60 Å². The Balaban J connectivity index is 1.77. The first-order valence-corrected chi connectivity index (χ1v) is 22.4. The van der Waals surface area contributed by atoms with Crippen molar-refractivity contribution in [3.05, 3.63) is 106 Å². The quantitative estimate of drug-likeness (QED) is 0.143. The minimum Gasteiger partial charge on any atom is -0.409 e. The van der Waals surface area contributed by atoms with Crippen LogP contribution in [0.15, 0.2) is 72.5 Å². The second-order valence-electron chi connectivity index (χ2n) is 22.0. The van der Waals surface area contributed by atoms with Crippen LogP contribution in [0.2, 0.25) is 0 Å². The number of hydrogen-bond donors (Lipinski definition) is 0. The molecule has 4 aromatic rings. The van der Waals surface area contributed by atoms with E-state index in [0.29, 0.717) is 22.1 Å². The van der Waals surface area contributed by atoms with Crippen LogP contribution < -0.4 is 9.05 Å². The summed E-state index contributed by atoms with van der Waals surface area (Å²) in [4.78, 5) is 0.302. The Kier molecular flexibility index (Phi) is 11.9. The molecular weight excluding hydrogens is 744 g/mol. The van der Waals surface area contributed by atoms with Gasteiger partial charge in [-0.1, -0.05) is 149 Å². The highest BCUT2D eigenvalue weighted by Crippen LogP contribution is 2.51. The van der Waals surface area contributed by atoms with E-state index in [2.05, 4.69) is 173 Å². The molecule has 0 atom stereocenters. The zero-order valence-corrected chi connectivity index (χ0v) is 39.7. The lowest BCUT2D eigenvalue weighted by atomic mass is 9.76. The van der Waals surface area contributed by atoms with Crippen molar-refractivity contribution in [2.45, 2.75) is 164 Å². The summed E-state index contributed by atoms with van der Waals surface area (Å²) < 4.78 is 44.4. The van der Waals surface area contributed by atoms with Gasteiger partial charge < -0.3 is 13.6 Å². The van der Waals surface area contributed by atoms with Crippen LogP contribution in [0.25, 0.3) is 21.5 Å². The molecule has 0 saturated carbocycles. The van der Waals surface area contributed by atoms with E-state index < -0.39 is 18.9 Å². The van der Waals surface area contributed by atoms with Crippen LogP contribution in [0.4, 0.5) is 0 Å². The molecule has 0 aromatic heterocycles. The van der Waals surface area contributed by atoms with Gasteiger partial charge in [-0.25, -0.2) is 0 Å². The van der Waals surface area contributed by atoms with E-state index >= 15 is 0 Å². The van der Waals surface area contributed by atoms with Crippen molar-refractivity contribution in [3.8, 4) is 11.5 Å². The fraction of sp³-hybridized carbons (Fsp3) is 0.500. The molecule has 0 radical (unpaired) electrons. The second-order valence-corrected chi connectivity index (χ2v) is 24.0. The van der Waals surface area contributed by atoms with Gasteiger partial charge in [0.2, 0.25) is 10.3 Å². The van der Waals surface area contributed by atoms with Gasteiger partial charge in [-0.05, 0) is 119 Å². The summed E-state index contributed by atoms with van der Waals surface area (Å²) in [6.45, 7) is 40.4. The molecule has 1 aliphatic carbocycles. The Morgan fingerprint density at radius 3 is 1.14 bits per heavy atom. The first-order valence-electron chi connectivity index (χ1n) is 20.3. The van der Waals surface area contributed by atoms with E-state index in [4.69, 9.17) is 13.6 Å². The van der Waals surface area contributed by atoms with Gasteiger partial charge in [0.1, 0.15) is 17.3 Å². The largest absolute Gasteiger partial charge is 0.530 e. The topological polar surface area (TPSA) is 61.8 Å². The first kappa shape index (κ1) is 44.5. The van der Waals surface area contributed by atoms with Crippen LogP contribution >= 0.6 is 8.60 Å². The molecule has 0 N–H and O–H groups in total. The Morgan fingerprint density at radius 1 is 0.456 bits per heavy atom. The lowest BCUT2D eigenvalue weighted by Crippen LogP contribution is -2.18. The lowest BCUT2D eigenvalue weighted by Gasteiger charge is -2.31. The molecule has 57 heavy (non-hydrogen) atoms. The van der Waals surface area contributed by atoms with Gasteiger partial charge in [0.15, 0.2) is 0 Å². The van der Waals surface area contributed by atoms with Crippen molar-refractivity contribution in [2.24, 2.45) is 0 Å². The Labute approximate surface area is 346 Å². The zero-order valence-electron chi connectivity index (χ0n) is 38.0. The molecule has 0 spiro atoms. The molecule has 0 aliphatic heterocycles. The smallest absolute Gasteiger partial charge is 0.409 e. The molecular formula is C50H67O5PS.